The number of halogens is 2. The van der Waals surface area contributed by atoms with Gasteiger partial charge in [-0.25, -0.2) is 4.98 Å². The minimum absolute atomic E-state index is 0.239. The van der Waals surface area contributed by atoms with E-state index >= 15 is 0 Å². The predicted molar refractivity (Wildman–Crippen MR) is 51.1 cm³/mol. The highest BCUT2D eigenvalue weighted by Crippen LogP contribution is 2.18. The third kappa shape index (κ3) is 1.93. The lowest BCUT2D eigenvalue weighted by Gasteiger charge is -1.97. The zero-order chi connectivity index (χ0) is 10.8. The molecule has 4 nitrogen and oxygen atoms in total. The lowest BCUT2D eigenvalue weighted by molar-refractivity contribution is 0.0564. The van der Waals surface area contributed by atoms with Crippen LogP contribution in [0.2, 0.25) is 0 Å². The van der Waals surface area contributed by atoms with Gasteiger partial charge in [-0.15, -0.1) is 5.10 Å². The first kappa shape index (κ1) is 9.57. The number of nitrogen functional groups attached to an aromatic ring is 1. The summed E-state index contributed by atoms with van der Waals surface area (Å²) in [4.78, 5) is 3.77. The third-order valence-corrected chi connectivity index (χ3v) is 1.85. The van der Waals surface area contributed by atoms with E-state index in [0.717, 1.165) is 6.33 Å². The molecule has 15 heavy (non-hydrogen) atoms. The third-order valence-electron chi connectivity index (χ3n) is 1.85. The first-order chi connectivity index (χ1) is 7.16. The Balaban J connectivity index is 2.37. The van der Waals surface area contributed by atoms with Crippen molar-refractivity contribution in [3.8, 4) is 11.4 Å². The second-order valence-corrected chi connectivity index (χ2v) is 2.95. The molecule has 0 saturated carbocycles. The quantitative estimate of drug-likeness (QED) is 0.770. The van der Waals surface area contributed by atoms with Crippen LogP contribution >= 0.6 is 0 Å². The van der Waals surface area contributed by atoms with E-state index in [1.807, 2.05) is 0 Å². The van der Waals surface area contributed by atoms with Crippen LogP contribution < -0.4 is 5.73 Å². The van der Waals surface area contributed by atoms with Crippen molar-refractivity contribution in [1.82, 2.24) is 14.8 Å². The fourth-order valence-electron chi connectivity index (χ4n) is 1.18. The average Bonchev–Trinajstić information content (AvgIpc) is 2.66. The van der Waals surface area contributed by atoms with E-state index < -0.39 is 6.55 Å². The van der Waals surface area contributed by atoms with E-state index in [0.29, 0.717) is 15.9 Å². The monoisotopic (exact) mass is 210 g/mol. The molecular formula is C9H8F2N4. The number of hydrogen-bond donors (Lipinski definition) is 1. The van der Waals surface area contributed by atoms with Crippen LogP contribution in [0.3, 0.4) is 0 Å². The molecule has 2 aromatic rings. The summed E-state index contributed by atoms with van der Waals surface area (Å²) in [6.07, 6.45) is 0.989. The van der Waals surface area contributed by atoms with Gasteiger partial charge < -0.3 is 5.73 Å². The summed E-state index contributed by atoms with van der Waals surface area (Å²) in [6, 6.07) is 6.76. The van der Waals surface area contributed by atoms with E-state index in [1.165, 1.54) is 0 Å². The second kappa shape index (κ2) is 3.64. The van der Waals surface area contributed by atoms with Gasteiger partial charge in [-0.2, -0.15) is 13.5 Å². The van der Waals surface area contributed by atoms with Crippen LogP contribution in [-0.4, -0.2) is 14.8 Å². The average molecular weight is 210 g/mol. The fourth-order valence-corrected chi connectivity index (χ4v) is 1.18. The molecule has 2 rings (SSSR count). The number of anilines is 1. The van der Waals surface area contributed by atoms with Crippen LogP contribution in [0.5, 0.6) is 0 Å². The molecule has 1 aromatic heterocycles. The van der Waals surface area contributed by atoms with Crippen LogP contribution in [-0.2, 0) is 0 Å². The maximum absolute atomic E-state index is 12.2. The molecule has 1 heterocycles. The van der Waals surface area contributed by atoms with Crippen molar-refractivity contribution in [3.63, 3.8) is 0 Å². The highest BCUT2D eigenvalue weighted by Gasteiger charge is 2.09. The lowest BCUT2D eigenvalue weighted by atomic mass is 10.2. The number of alkyl halides is 2. The molecule has 0 aliphatic carbocycles. The number of aromatic nitrogens is 3. The van der Waals surface area contributed by atoms with Gasteiger partial charge in [0.05, 0.1) is 0 Å². The molecule has 2 N–H and O–H groups in total. The van der Waals surface area contributed by atoms with Crippen LogP contribution in [0.1, 0.15) is 6.55 Å². The smallest absolute Gasteiger partial charge is 0.334 e. The Morgan fingerprint density at radius 1 is 1.33 bits per heavy atom. The molecule has 0 amide bonds. The standard InChI is InChI=1S/C9H8F2N4/c10-9(11)15-5-13-8(14-15)6-2-1-3-7(12)4-6/h1-5,9H,12H2. The van der Waals surface area contributed by atoms with Gasteiger partial charge in [-0.3, -0.25) is 0 Å². The van der Waals surface area contributed by atoms with Gasteiger partial charge in [-0.1, -0.05) is 12.1 Å². The van der Waals surface area contributed by atoms with Gasteiger partial charge in [0.2, 0.25) is 0 Å². The van der Waals surface area contributed by atoms with Crippen molar-refractivity contribution >= 4 is 5.69 Å². The summed E-state index contributed by atoms with van der Waals surface area (Å²) < 4.78 is 24.9. The number of nitrogens with two attached hydrogens (primary N) is 1. The van der Waals surface area contributed by atoms with Gasteiger partial charge >= 0.3 is 6.55 Å². The first-order valence-electron chi connectivity index (χ1n) is 4.22. The van der Waals surface area contributed by atoms with Crippen molar-refractivity contribution < 1.29 is 8.78 Å². The molecule has 0 bridgehead atoms. The Morgan fingerprint density at radius 3 is 2.73 bits per heavy atom. The lowest BCUT2D eigenvalue weighted by Crippen LogP contribution is -1.98. The van der Waals surface area contributed by atoms with Crippen molar-refractivity contribution in [2.24, 2.45) is 0 Å². The summed E-state index contributed by atoms with van der Waals surface area (Å²) in [6.45, 7) is -2.67. The molecule has 0 fully saturated rings. The Bertz CT molecular complexity index is 467. The second-order valence-electron chi connectivity index (χ2n) is 2.95. The molecular weight excluding hydrogens is 202 g/mol. The number of benzene rings is 1. The largest absolute Gasteiger partial charge is 0.399 e. The van der Waals surface area contributed by atoms with Crippen molar-refractivity contribution in [2.75, 3.05) is 5.73 Å². The molecule has 6 heteroatoms. The maximum Gasteiger partial charge on any atom is 0.334 e. The van der Waals surface area contributed by atoms with Crippen molar-refractivity contribution in [2.45, 2.75) is 6.55 Å². The highest BCUT2D eigenvalue weighted by atomic mass is 19.3. The fraction of sp³-hybridized carbons (Fsp3) is 0.111. The van der Waals surface area contributed by atoms with Gasteiger partial charge in [0.1, 0.15) is 6.33 Å². The van der Waals surface area contributed by atoms with Gasteiger partial charge in [-0.05, 0) is 12.1 Å². The Morgan fingerprint density at radius 2 is 2.13 bits per heavy atom. The summed E-state index contributed by atoms with van der Waals surface area (Å²) in [5.74, 6) is 0.239. The number of nitrogens with zero attached hydrogens (tertiary/aromatic N) is 3. The molecule has 0 aliphatic heterocycles. The van der Waals surface area contributed by atoms with Crippen LogP contribution in [0.15, 0.2) is 30.6 Å². The van der Waals surface area contributed by atoms with Gasteiger partial charge in [0.15, 0.2) is 5.82 Å². The Labute approximate surface area is 84.4 Å². The van der Waals surface area contributed by atoms with Crippen LogP contribution in [0.25, 0.3) is 11.4 Å². The van der Waals surface area contributed by atoms with Gasteiger partial charge in [0.25, 0.3) is 0 Å². The van der Waals surface area contributed by atoms with E-state index in [2.05, 4.69) is 10.1 Å². The predicted octanol–water partition coefficient (Wildman–Crippen LogP) is 1.92. The summed E-state index contributed by atoms with van der Waals surface area (Å²) in [7, 11) is 0. The van der Waals surface area contributed by atoms with Gasteiger partial charge in [0, 0.05) is 11.3 Å². The molecule has 0 saturated heterocycles. The molecule has 0 radical (unpaired) electrons. The first-order valence-corrected chi connectivity index (χ1v) is 4.22. The van der Waals surface area contributed by atoms with E-state index in [1.54, 1.807) is 24.3 Å². The van der Waals surface area contributed by atoms with E-state index in [-0.39, 0.29) is 5.82 Å². The molecule has 0 spiro atoms. The van der Waals surface area contributed by atoms with Crippen molar-refractivity contribution in [3.05, 3.63) is 30.6 Å². The van der Waals surface area contributed by atoms with Crippen molar-refractivity contribution in [1.29, 1.82) is 0 Å². The number of rotatable bonds is 2. The minimum Gasteiger partial charge on any atom is -0.399 e. The molecule has 0 aliphatic rings. The number of hydrogen-bond acceptors (Lipinski definition) is 3. The summed E-state index contributed by atoms with van der Waals surface area (Å²) in [5, 5.41) is 3.62. The topological polar surface area (TPSA) is 56.7 Å². The molecule has 78 valence electrons. The maximum atomic E-state index is 12.2. The minimum atomic E-state index is -2.67. The Hall–Kier alpha value is -1.98. The summed E-state index contributed by atoms with van der Waals surface area (Å²) in [5.41, 5.74) is 6.71. The molecule has 1 aromatic carbocycles. The molecule has 0 atom stereocenters. The van der Waals surface area contributed by atoms with E-state index in [4.69, 9.17) is 5.73 Å². The summed E-state index contributed by atoms with van der Waals surface area (Å²) >= 11 is 0. The molecule has 0 unspecified atom stereocenters. The Kier molecular flexibility index (Phi) is 2.32. The van der Waals surface area contributed by atoms with Crippen LogP contribution in [0, 0.1) is 0 Å². The SMILES string of the molecule is Nc1cccc(-c2ncn(C(F)F)n2)c1. The zero-order valence-corrected chi connectivity index (χ0v) is 7.64. The van der Waals surface area contributed by atoms with E-state index in [9.17, 15) is 8.78 Å². The normalized spacial score (nSPS) is 10.9. The zero-order valence-electron chi connectivity index (χ0n) is 7.64. The van der Waals surface area contributed by atoms with Crippen LogP contribution in [0.4, 0.5) is 14.5 Å². The highest BCUT2D eigenvalue weighted by molar-refractivity contribution is 5.60.